The Morgan fingerprint density at radius 1 is 1.11 bits per heavy atom. The second-order valence-electron chi connectivity index (χ2n) is 9.77. The number of benzene rings is 1. The summed E-state index contributed by atoms with van der Waals surface area (Å²) in [5.41, 5.74) is 4.28. The van der Waals surface area contributed by atoms with Gasteiger partial charge in [-0.15, -0.1) is 0 Å². The van der Waals surface area contributed by atoms with Crippen molar-refractivity contribution in [3.05, 3.63) is 52.4 Å². The summed E-state index contributed by atoms with van der Waals surface area (Å²) in [5.74, 6) is 2.04. The van der Waals surface area contributed by atoms with Crippen molar-refractivity contribution >= 4 is 5.97 Å². The van der Waals surface area contributed by atoms with Crippen LogP contribution in [0.2, 0.25) is 0 Å². The van der Waals surface area contributed by atoms with Crippen LogP contribution in [0.15, 0.2) is 28.8 Å². The molecule has 1 heterocycles. The molecule has 4 heteroatoms. The summed E-state index contributed by atoms with van der Waals surface area (Å²) in [4.78, 5) is 13.4. The normalized spacial score (nSPS) is 33.2. The first-order valence-electron chi connectivity index (χ1n) is 10.6. The Labute approximate surface area is 166 Å². The lowest BCUT2D eigenvalue weighted by atomic mass is 9.43. The van der Waals surface area contributed by atoms with Gasteiger partial charge in [0.25, 0.3) is 0 Å². The molecule has 4 atom stereocenters. The quantitative estimate of drug-likeness (QED) is 0.687. The van der Waals surface area contributed by atoms with E-state index in [0.29, 0.717) is 11.8 Å². The van der Waals surface area contributed by atoms with Crippen LogP contribution in [0.1, 0.15) is 66.7 Å². The lowest BCUT2D eigenvalue weighted by molar-refractivity contribution is -0.175. The first kappa shape index (κ1) is 18.0. The van der Waals surface area contributed by atoms with Gasteiger partial charge in [0.05, 0.1) is 16.7 Å². The van der Waals surface area contributed by atoms with Crippen LogP contribution in [0.5, 0.6) is 0 Å². The molecule has 0 amide bonds. The second kappa shape index (κ2) is 6.20. The molecule has 1 aromatic carbocycles. The fourth-order valence-corrected chi connectivity index (χ4v) is 6.74. The first-order chi connectivity index (χ1) is 13.4. The molecule has 4 saturated carbocycles. The fourth-order valence-electron chi connectivity index (χ4n) is 6.74. The molecule has 0 N–H and O–H groups in total. The lowest BCUT2D eigenvalue weighted by Gasteiger charge is -2.61. The van der Waals surface area contributed by atoms with Gasteiger partial charge < -0.3 is 9.26 Å². The molecule has 28 heavy (non-hydrogen) atoms. The highest BCUT2D eigenvalue weighted by atomic mass is 16.5. The van der Waals surface area contributed by atoms with E-state index in [-0.39, 0.29) is 23.4 Å². The number of esters is 1. The van der Waals surface area contributed by atoms with Gasteiger partial charge in [0.2, 0.25) is 0 Å². The second-order valence-corrected chi connectivity index (χ2v) is 9.77. The summed E-state index contributed by atoms with van der Waals surface area (Å²) in [6.45, 7) is 6.18. The molecular weight excluding hydrogens is 350 g/mol. The van der Waals surface area contributed by atoms with Crippen LogP contribution in [-0.4, -0.2) is 11.1 Å². The first-order valence-corrected chi connectivity index (χ1v) is 10.6. The van der Waals surface area contributed by atoms with E-state index in [9.17, 15) is 4.79 Å². The topological polar surface area (TPSA) is 52.3 Å². The smallest absolute Gasteiger partial charge is 0.312 e. The van der Waals surface area contributed by atoms with Gasteiger partial charge in [0.15, 0.2) is 0 Å². The SMILES string of the molecule is Cc1ccc(C23C[C@@H]4C[C@@H](CC(C(=O)OCc5c(C)noc5C)(C4)C2)C3)cc1. The van der Waals surface area contributed by atoms with Crippen molar-refractivity contribution in [1.82, 2.24) is 5.16 Å². The molecule has 0 radical (unpaired) electrons. The van der Waals surface area contributed by atoms with E-state index in [1.165, 1.54) is 30.4 Å². The predicted octanol–water partition coefficient (Wildman–Crippen LogP) is 5.18. The Balaban J connectivity index is 1.41. The van der Waals surface area contributed by atoms with Gasteiger partial charge in [0, 0.05) is 0 Å². The third-order valence-electron chi connectivity index (χ3n) is 7.69. The average Bonchev–Trinajstić information content (AvgIpc) is 2.97. The molecule has 0 spiro atoms. The highest BCUT2D eigenvalue weighted by Crippen LogP contribution is 2.66. The van der Waals surface area contributed by atoms with Crippen LogP contribution < -0.4 is 0 Å². The molecule has 2 unspecified atom stereocenters. The van der Waals surface area contributed by atoms with Crippen LogP contribution in [0.3, 0.4) is 0 Å². The molecule has 4 aliphatic rings. The largest absolute Gasteiger partial charge is 0.460 e. The Bertz CT molecular complexity index is 877. The van der Waals surface area contributed by atoms with Crippen molar-refractivity contribution < 1.29 is 14.1 Å². The van der Waals surface area contributed by atoms with Crippen molar-refractivity contribution in [2.24, 2.45) is 17.3 Å². The van der Waals surface area contributed by atoms with Crippen molar-refractivity contribution in [2.45, 2.75) is 71.3 Å². The number of aryl methyl sites for hydroxylation is 3. The summed E-state index contributed by atoms with van der Waals surface area (Å²) in [7, 11) is 0. The van der Waals surface area contributed by atoms with Crippen molar-refractivity contribution in [2.75, 3.05) is 0 Å². The van der Waals surface area contributed by atoms with Gasteiger partial charge in [-0.25, -0.2) is 0 Å². The maximum atomic E-state index is 13.4. The van der Waals surface area contributed by atoms with Crippen LogP contribution in [-0.2, 0) is 21.6 Å². The predicted molar refractivity (Wildman–Crippen MR) is 106 cm³/mol. The zero-order valence-corrected chi connectivity index (χ0v) is 17.1. The Morgan fingerprint density at radius 2 is 1.79 bits per heavy atom. The Morgan fingerprint density at radius 3 is 2.39 bits per heavy atom. The molecule has 0 saturated heterocycles. The van der Waals surface area contributed by atoms with Crippen molar-refractivity contribution in [3.8, 4) is 0 Å². The molecule has 148 valence electrons. The number of carbonyl (C=O) groups excluding carboxylic acids is 1. The zero-order valence-electron chi connectivity index (χ0n) is 17.1. The summed E-state index contributed by atoms with van der Waals surface area (Å²) in [5, 5.41) is 3.98. The standard InChI is InChI=1S/C24H29NO3/c1-15-4-6-20(7-5-15)23-9-18-8-19(10-23)12-24(11-18,14-23)22(26)27-13-21-16(2)25-28-17(21)3/h4-7,18-19H,8-14H2,1-3H3/t18-,19+,23?,24?. The molecule has 0 aliphatic heterocycles. The Hall–Kier alpha value is -2.10. The van der Waals surface area contributed by atoms with Crippen LogP contribution in [0.25, 0.3) is 0 Å². The molecule has 4 fully saturated rings. The van der Waals surface area contributed by atoms with E-state index < -0.39 is 0 Å². The summed E-state index contributed by atoms with van der Waals surface area (Å²) < 4.78 is 11.1. The van der Waals surface area contributed by atoms with Gasteiger partial charge in [-0.2, -0.15) is 0 Å². The number of nitrogens with zero attached hydrogens (tertiary/aromatic N) is 1. The van der Waals surface area contributed by atoms with Crippen LogP contribution >= 0.6 is 0 Å². The Kier molecular flexibility index (Phi) is 3.98. The number of carbonyl (C=O) groups is 1. The third-order valence-corrected chi connectivity index (χ3v) is 7.69. The number of rotatable bonds is 4. The molecule has 1 aromatic heterocycles. The summed E-state index contributed by atoms with van der Waals surface area (Å²) in [6, 6.07) is 9.03. The molecular formula is C24H29NO3. The highest BCUT2D eigenvalue weighted by molar-refractivity contribution is 5.78. The van der Waals surface area contributed by atoms with E-state index in [4.69, 9.17) is 9.26 Å². The third kappa shape index (κ3) is 2.72. The molecule has 6 rings (SSSR count). The van der Waals surface area contributed by atoms with Gasteiger partial charge in [-0.05, 0) is 82.1 Å². The number of hydrogen-bond acceptors (Lipinski definition) is 4. The highest BCUT2D eigenvalue weighted by Gasteiger charge is 2.61. The van der Waals surface area contributed by atoms with E-state index in [1.54, 1.807) is 0 Å². The summed E-state index contributed by atoms with van der Waals surface area (Å²) >= 11 is 0. The van der Waals surface area contributed by atoms with Crippen LogP contribution in [0.4, 0.5) is 0 Å². The van der Waals surface area contributed by atoms with E-state index >= 15 is 0 Å². The van der Waals surface area contributed by atoms with Gasteiger partial charge in [-0.1, -0.05) is 35.0 Å². The monoisotopic (exact) mass is 379 g/mol. The van der Waals surface area contributed by atoms with E-state index in [2.05, 4.69) is 36.3 Å². The van der Waals surface area contributed by atoms with Crippen LogP contribution in [0, 0.1) is 38.0 Å². The number of ether oxygens (including phenoxy) is 1. The van der Waals surface area contributed by atoms with Crippen molar-refractivity contribution in [1.29, 1.82) is 0 Å². The summed E-state index contributed by atoms with van der Waals surface area (Å²) in [6.07, 6.45) is 6.68. The maximum absolute atomic E-state index is 13.4. The fraction of sp³-hybridized carbons (Fsp3) is 0.583. The van der Waals surface area contributed by atoms with Crippen molar-refractivity contribution in [3.63, 3.8) is 0 Å². The minimum Gasteiger partial charge on any atom is -0.460 e. The van der Waals surface area contributed by atoms with Gasteiger partial charge in [0.1, 0.15) is 12.4 Å². The van der Waals surface area contributed by atoms with Gasteiger partial charge >= 0.3 is 5.97 Å². The molecule has 4 aliphatic carbocycles. The minimum absolute atomic E-state index is 0.00177. The number of aromatic nitrogens is 1. The zero-order chi connectivity index (χ0) is 19.5. The molecule has 2 aromatic rings. The number of hydrogen-bond donors (Lipinski definition) is 0. The molecule has 4 bridgehead atoms. The van der Waals surface area contributed by atoms with E-state index in [1.807, 2.05) is 13.8 Å². The average molecular weight is 380 g/mol. The lowest BCUT2D eigenvalue weighted by Crippen LogP contribution is -2.57. The minimum atomic E-state index is -0.312. The molecule has 4 nitrogen and oxygen atoms in total. The maximum Gasteiger partial charge on any atom is 0.312 e. The van der Waals surface area contributed by atoms with Gasteiger partial charge in [-0.3, -0.25) is 4.79 Å². The van der Waals surface area contributed by atoms with E-state index in [0.717, 1.165) is 36.3 Å².